The molecule has 0 spiro atoms. The molecule has 1 heterocycles. The number of hydrogen-bond donors (Lipinski definition) is 1. The first-order valence-corrected chi connectivity index (χ1v) is 7.22. The van der Waals surface area contributed by atoms with E-state index in [1.54, 1.807) is 0 Å². The number of hydrogen-bond acceptors (Lipinski definition) is 4. The molecule has 1 aliphatic carbocycles. The zero-order valence-electron chi connectivity index (χ0n) is 11.8. The van der Waals surface area contributed by atoms with Gasteiger partial charge in [0.2, 0.25) is 5.91 Å². The molecule has 0 aromatic rings. The highest BCUT2D eigenvalue weighted by atomic mass is 16.2. The third kappa shape index (κ3) is 2.90. The van der Waals surface area contributed by atoms with E-state index in [4.69, 9.17) is 11.0 Å². The van der Waals surface area contributed by atoms with E-state index in [2.05, 4.69) is 11.0 Å². The third-order valence-electron chi connectivity index (χ3n) is 4.72. The van der Waals surface area contributed by atoms with Crippen LogP contribution in [-0.4, -0.2) is 54.5 Å². The summed E-state index contributed by atoms with van der Waals surface area (Å²) in [5.41, 5.74) is 5.77. The summed E-state index contributed by atoms with van der Waals surface area (Å²) in [5, 5.41) is 8.59. The minimum Gasteiger partial charge on any atom is -0.340 e. The Morgan fingerprint density at radius 3 is 2.63 bits per heavy atom. The van der Waals surface area contributed by atoms with Crippen molar-refractivity contribution in [3.63, 3.8) is 0 Å². The molecule has 0 aromatic carbocycles. The van der Waals surface area contributed by atoms with Crippen LogP contribution in [0.25, 0.3) is 0 Å². The summed E-state index contributed by atoms with van der Waals surface area (Å²) in [5.74, 6) is 0.234. The molecule has 2 aliphatic rings. The third-order valence-corrected chi connectivity index (χ3v) is 4.72. The van der Waals surface area contributed by atoms with Gasteiger partial charge in [-0.15, -0.1) is 0 Å². The van der Waals surface area contributed by atoms with Crippen LogP contribution in [0, 0.1) is 16.7 Å². The summed E-state index contributed by atoms with van der Waals surface area (Å²) in [6, 6.07) is 2.18. The molecule has 1 saturated carbocycles. The molecule has 1 amide bonds. The van der Waals surface area contributed by atoms with Crippen molar-refractivity contribution in [1.29, 1.82) is 5.26 Å². The zero-order valence-corrected chi connectivity index (χ0v) is 11.8. The minimum atomic E-state index is -0.352. The average Bonchev–Trinajstić information content (AvgIpc) is 2.77. The molecular formula is C14H24N4O. The summed E-state index contributed by atoms with van der Waals surface area (Å²) in [4.78, 5) is 16.8. The molecule has 1 saturated heterocycles. The number of nitrogens with zero attached hydrogens (tertiary/aromatic N) is 3. The summed E-state index contributed by atoms with van der Waals surface area (Å²) in [6.45, 7) is 6.13. The van der Waals surface area contributed by atoms with Gasteiger partial charge in [0.15, 0.2) is 0 Å². The molecule has 2 fully saturated rings. The fraction of sp³-hybridized carbons (Fsp3) is 0.857. The molecule has 0 bridgehead atoms. The molecule has 5 heteroatoms. The van der Waals surface area contributed by atoms with Crippen molar-refractivity contribution in [3.8, 4) is 6.07 Å². The van der Waals surface area contributed by atoms with Crippen LogP contribution >= 0.6 is 0 Å². The number of amides is 1. The molecule has 0 radical (unpaired) electrons. The molecular weight excluding hydrogens is 240 g/mol. The van der Waals surface area contributed by atoms with E-state index in [0.29, 0.717) is 6.42 Å². The van der Waals surface area contributed by atoms with Gasteiger partial charge < -0.3 is 10.6 Å². The highest BCUT2D eigenvalue weighted by molar-refractivity contribution is 5.83. The maximum absolute atomic E-state index is 12.6. The maximum atomic E-state index is 12.6. The molecule has 106 valence electrons. The average molecular weight is 264 g/mol. The lowest BCUT2D eigenvalue weighted by Gasteiger charge is -2.39. The second-order valence-corrected chi connectivity index (χ2v) is 5.96. The Bertz CT molecular complexity index is 370. The van der Waals surface area contributed by atoms with Crippen LogP contribution in [0.4, 0.5) is 0 Å². The summed E-state index contributed by atoms with van der Waals surface area (Å²) in [6.07, 6.45) is 3.51. The van der Waals surface area contributed by atoms with Crippen molar-refractivity contribution in [2.45, 2.75) is 38.6 Å². The number of nitriles is 1. The van der Waals surface area contributed by atoms with Crippen LogP contribution < -0.4 is 5.73 Å². The molecule has 2 N–H and O–H groups in total. The molecule has 5 nitrogen and oxygen atoms in total. The Balaban J connectivity index is 1.88. The molecule has 2 rings (SSSR count). The van der Waals surface area contributed by atoms with Crippen molar-refractivity contribution in [1.82, 2.24) is 9.80 Å². The number of nitrogens with two attached hydrogens (primary N) is 1. The van der Waals surface area contributed by atoms with E-state index < -0.39 is 0 Å². The van der Waals surface area contributed by atoms with Crippen molar-refractivity contribution in [2.24, 2.45) is 11.1 Å². The van der Waals surface area contributed by atoms with E-state index >= 15 is 0 Å². The molecule has 2 unspecified atom stereocenters. The molecule has 19 heavy (non-hydrogen) atoms. The van der Waals surface area contributed by atoms with Gasteiger partial charge in [0.05, 0.1) is 11.5 Å². The maximum Gasteiger partial charge on any atom is 0.230 e. The topological polar surface area (TPSA) is 73.4 Å². The molecule has 0 aromatic heterocycles. The Morgan fingerprint density at radius 1 is 1.42 bits per heavy atom. The lowest BCUT2D eigenvalue weighted by atomic mass is 9.83. The molecule has 2 atom stereocenters. The fourth-order valence-electron chi connectivity index (χ4n) is 3.20. The Hall–Kier alpha value is -1.12. The zero-order chi connectivity index (χ0) is 13.9. The van der Waals surface area contributed by atoms with Gasteiger partial charge in [0.25, 0.3) is 0 Å². The first-order chi connectivity index (χ1) is 9.08. The van der Waals surface area contributed by atoms with Gasteiger partial charge in [-0.2, -0.15) is 5.26 Å². The summed E-state index contributed by atoms with van der Waals surface area (Å²) >= 11 is 0. The van der Waals surface area contributed by atoms with Gasteiger partial charge in [-0.05, 0) is 19.8 Å². The second kappa shape index (κ2) is 5.89. The van der Waals surface area contributed by atoms with Crippen LogP contribution in [-0.2, 0) is 4.79 Å². The highest BCUT2D eigenvalue weighted by Gasteiger charge is 2.45. The van der Waals surface area contributed by atoms with Crippen LogP contribution in [0.3, 0.4) is 0 Å². The summed E-state index contributed by atoms with van der Waals surface area (Å²) in [7, 11) is 0. The van der Waals surface area contributed by atoms with Crippen molar-refractivity contribution in [2.75, 3.05) is 32.7 Å². The standard InChI is InChI=1S/C14H24N4O/c1-14(5-2-4-12(14)16)13(19)18-10-8-17(9-11-18)7-3-6-15/h12H,2-5,7-11,16H2,1H3. The van der Waals surface area contributed by atoms with Crippen molar-refractivity contribution < 1.29 is 4.79 Å². The van der Waals surface area contributed by atoms with Crippen LogP contribution in [0.5, 0.6) is 0 Å². The Labute approximate surface area is 115 Å². The predicted octanol–water partition coefficient (Wildman–Crippen LogP) is 0.562. The monoisotopic (exact) mass is 264 g/mol. The van der Waals surface area contributed by atoms with E-state index in [1.165, 1.54) is 0 Å². The van der Waals surface area contributed by atoms with Gasteiger partial charge in [-0.1, -0.05) is 6.42 Å². The van der Waals surface area contributed by atoms with E-state index in [1.807, 2.05) is 11.8 Å². The van der Waals surface area contributed by atoms with Gasteiger partial charge in [-0.25, -0.2) is 0 Å². The van der Waals surface area contributed by atoms with Gasteiger partial charge in [0.1, 0.15) is 0 Å². The van der Waals surface area contributed by atoms with Crippen LogP contribution in [0.1, 0.15) is 32.6 Å². The van der Waals surface area contributed by atoms with E-state index in [-0.39, 0.29) is 17.4 Å². The Kier molecular flexibility index (Phi) is 4.43. The minimum absolute atomic E-state index is 0.0108. The lowest BCUT2D eigenvalue weighted by Crippen LogP contribution is -2.55. The van der Waals surface area contributed by atoms with Crippen molar-refractivity contribution in [3.05, 3.63) is 0 Å². The molecule has 1 aliphatic heterocycles. The number of piperazine rings is 1. The highest BCUT2D eigenvalue weighted by Crippen LogP contribution is 2.38. The number of carbonyl (C=O) groups is 1. The summed E-state index contributed by atoms with van der Waals surface area (Å²) < 4.78 is 0. The largest absolute Gasteiger partial charge is 0.340 e. The first kappa shape index (κ1) is 14.3. The number of rotatable bonds is 3. The predicted molar refractivity (Wildman–Crippen MR) is 73.2 cm³/mol. The first-order valence-electron chi connectivity index (χ1n) is 7.22. The quantitative estimate of drug-likeness (QED) is 0.808. The Morgan fingerprint density at radius 2 is 2.11 bits per heavy atom. The smallest absolute Gasteiger partial charge is 0.230 e. The normalized spacial score (nSPS) is 32.3. The SMILES string of the molecule is CC1(C(=O)N2CCN(CCC#N)CC2)CCCC1N. The van der Waals surface area contributed by atoms with Crippen LogP contribution in [0.15, 0.2) is 0 Å². The lowest BCUT2D eigenvalue weighted by molar-refractivity contribution is -0.143. The number of carbonyl (C=O) groups excluding carboxylic acids is 1. The van der Waals surface area contributed by atoms with E-state index in [9.17, 15) is 4.79 Å². The van der Waals surface area contributed by atoms with Gasteiger partial charge in [-0.3, -0.25) is 9.69 Å². The fourth-order valence-corrected chi connectivity index (χ4v) is 3.20. The van der Waals surface area contributed by atoms with Gasteiger partial charge >= 0.3 is 0 Å². The van der Waals surface area contributed by atoms with Crippen LogP contribution in [0.2, 0.25) is 0 Å². The van der Waals surface area contributed by atoms with Gasteiger partial charge in [0, 0.05) is 45.2 Å². The van der Waals surface area contributed by atoms with Crippen molar-refractivity contribution >= 4 is 5.91 Å². The second-order valence-electron chi connectivity index (χ2n) is 5.96. The van der Waals surface area contributed by atoms with E-state index in [0.717, 1.165) is 52.0 Å².